The molecule has 18 heavy (non-hydrogen) atoms. The van der Waals surface area contributed by atoms with Crippen LogP contribution < -0.4 is 11.5 Å². The smallest absolute Gasteiger partial charge is 0.326 e. The number of amides is 1. The van der Waals surface area contributed by atoms with Gasteiger partial charge in [0.25, 0.3) is 0 Å². The molecule has 106 valence electrons. The van der Waals surface area contributed by atoms with Gasteiger partial charge in [0.1, 0.15) is 6.04 Å². The van der Waals surface area contributed by atoms with Gasteiger partial charge in [-0.2, -0.15) is 0 Å². The molecule has 1 amide bonds. The Balaban J connectivity index is 4.59. The molecule has 0 radical (unpaired) electrons. The third kappa shape index (κ3) is 5.46. The first kappa shape index (κ1) is 16.9. The van der Waals surface area contributed by atoms with Crippen LogP contribution in [0.25, 0.3) is 0 Å². The highest BCUT2D eigenvalue weighted by Gasteiger charge is 2.29. The fraction of sp³-hybridized carbons (Fsp3) is 0.833. The summed E-state index contributed by atoms with van der Waals surface area (Å²) in [4.78, 5) is 24.3. The molecular weight excluding hydrogens is 234 g/mol. The van der Waals surface area contributed by atoms with Crippen molar-refractivity contribution in [3.63, 3.8) is 0 Å². The molecule has 0 bridgehead atoms. The van der Waals surface area contributed by atoms with Crippen LogP contribution >= 0.6 is 0 Å². The molecule has 0 aliphatic rings. The topological polar surface area (TPSA) is 110 Å². The second kappa shape index (κ2) is 8.05. The van der Waals surface area contributed by atoms with E-state index >= 15 is 0 Å². The molecule has 0 heterocycles. The summed E-state index contributed by atoms with van der Waals surface area (Å²) in [6.45, 7) is 4.34. The van der Waals surface area contributed by atoms with Crippen LogP contribution in [0, 0.1) is 5.92 Å². The molecule has 0 fully saturated rings. The maximum Gasteiger partial charge on any atom is 0.326 e. The summed E-state index contributed by atoms with van der Waals surface area (Å²) in [7, 11) is 1.48. The minimum absolute atomic E-state index is 0.296. The van der Waals surface area contributed by atoms with Crippen LogP contribution in [0.4, 0.5) is 0 Å². The van der Waals surface area contributed by atoms with Gasteiger partial charge in [0.15, 0.2) is 0 Å². The van der Waals surface area contributed by atoms with Crippen molar-refractivity contribution in [2.45, 2.75) is 45.2 Å². The van der Waals surface area contributed by atoms with Gasteiger partial charge in [0.05, 0.1) is 6.04 Å². The lowest BCUT2D eigenvalue weighted by Gasteiger charge is -2.27. The van der Waals surface area contributed by atoms with Crippen LogP contribution in [0.15, 0.2) is 0 Å². The van der Waals surface area contributed by atoms with Gasteiger partial charge in [-0.15, -0.1) is 0 Å². The fourth-order valence-corrected chi connectivity index (χ4v) is 1.82. The predicted octanol–water partition coefficient (Wildman–Crippen LogP) is 0.0103. The van der Waals surface area contributed by atoms with Gasteiger partial charge >= 0.3 is 5.97 Å². The largest absolute Gasteiger partial charge is 0.480 e. The van der Waals surface area contributed by atoms with Crippen LogP contribution in [0.2, 0.25) is 0 Å². The van der Waals surface area contributed by atoms with Gasteiger partial charge in [-0.1, -0.05) is 13.8 Å². The van der Waals surface area contributed by atoms with Gasteiger partial charge < -0.3 is 21.5 Å². The molecule has 0 aromatic rings. The number of carboxylic acid groups (broad SMARTS) is 1. The fourth-order valence-electron chi connectivity index (χ4n) is 1.82. The lowest BCUT2D eigenvalue weighted by Crippen LogP contribution is -2.49. The lowest BCUT2D eigenvalue weighted by molar-refractivity contribution is -0.150. The first-order valence-electron chi connectivity index (χ1n) is 6.26. The average Bonchev–Trinajstić information content (AvgIpc) is 2.26. The average molecular weight is 259 g/mol. The van der Waals surface area contributed by atoms with Crippen LogP contribution in [0.3, 0.4) is 0 Å². The molecule has 6 nitrogen and oxygen atoms in total. The number of carbonyl (C=O) groups excluding carboxylic acids is 1. The van der Waals surface area contributed by atoms with Crippen molar-refractivity contribution >= 4 is 11.9 Å². The van der Waals surface area contributed by atoms with Crippen molar-refractivity contribution in [2.24, 2.45) is 17.4 Å². The molecule has 0 aliphatic carbocycles. The Labute approximate surface area is 108 Å². The molecule has 0 unspecified atom stereocenters. The summed E-state index contributed by atoms with van der Waals surface area (Å²) < 4.78 is 0. The predicted molar refractivity (Wildman–Crippen MR) is 69.9 cm³/mol. The molecule has 0 aliphatic heterocycles. The monoisotopic (exact) mass is 259 g/mol. The Morgan fingerprint density at radius 2 is 1.89 bits per heavy atom. The van der Waals surface area contributed by atoms with E-state index in [-0.39, 0.29) is 5.91 Å². The molecule has 0 rings (SSSR count). The molecule has 0 saturated heterocycles. The minimum Gasteiger partial charge on any atom is -0.480 e. The first-order valence-corrected chi connectivity index (χ1v) is 6.26. The number of nitrogens with two attached hydrogens (primary N) is 2. The van der Waals surface area contributed by atoms with E-state index < -0.39 is 18.1 Å². The Bertz CT molecular complexity index is 282. The Kier molecular flexibility index (Phi) is 7.54. The van der Waals surface area contributed by atoms with Gasteiger partial charge in [-0.25, -0.2) is 4.79 Å². The summed E-state index contributed by atoms with van der Waals surface area (Å²) in [5.41, 5.74) is 11.1. The Morgan fingerprint density at radius 1 is 1.33 bits per heavy atom. The van der Waals surface area contributed by atoms with E-state index in [1.165, 1.54) is 11.9 Å². The van der Waals surface area contributed by atoms with Crippen LogP contribution in [0.1, 0.15) is 33.1 Å². The normalized spacial score (nSPS) is 14.3. The van der Waals surface area contributed by atoms with E-state index in [1.807, 2.05) is 13.8 Å². The van der Waals surface area contributed by atoms with E-state index in [2.05, 4.69) is 0 Å². The zero-order valence-corrected chi connectivity index (χ0v) is 11.4. The molecule has 0 aromatic carbocycles. The number of aliphatic carboxylic acids is 1. The summed E-state index contributed by atoms with van der Waals surface area (Å²) in [6, 6.07) is -1.49. The minimum atomic E-state index is -1.02. The number of carbonyl (C=O) groups is 2. The van der Waals surface area contributed by atoms with Gasteiger partial charge in [-0.05, 0) is 31.7 Å². The second-order valence-electron chi connectivity index (χ2n) is 4.97. The third-order valence-electron chi connectivity index (χ3n) is 2.82. The molecule has 0 saturated carbocycles. The number of hydrogen-bond acceptors (Lipinski definition) is 4. The number of rotatable bonds is 8. The zero-order chi connectivity index (χ0) is 14.3. The molecule has 0 spiro atoms. The Morgan fingerprint density at radius 3 is 2.28 bits per heavy atom. The Hall–Kier alpha value is -1.14. The quantitative estimate of drug-likeness (QED) is 0.569. The summed E-state index contributed by atoms with van der Waals surface area (Å²) in [5, 5.41) is 9.11. The maximum atomic E-state index is 12.0. The number of hydrogen-bond donors (Lipinski definition) is 3. The van der Waals surface area contributed by atoms with E-state index in [0.717, 1.165) is 0 Å². The lowest BCUT2D eigenvalue weighted by atomic mass is 10.0. The molecule has 5 N–H and O–H groups in total. The number of carboxylic acids is 1. The molecular formula is C12H25N3O3. The highest BCUT2D eigenvalue weighted by molar-refractivity contribution is 5.86. The highest BCUT2D eigenvalue weighted by atomic mass is 16.4. The molecule has 0 aromatic heterocycles. The SMILES string of the molecule is CC(C)C[C@H](N)C(=O)N(C)[C@@H](CCCN)C(=O)O. The summed E-state index contributed by atoms with van der Waals surface area (Å²) >= 11 is 0. The molecule has 6 heteroatoms. The van der Waals surface area contributed by atoms with Gasteiger partial charge in [0, 0.05) is 7.05 Å². The van der Waals surface area contributed by atoms with Crippen LogP contribution in [0.5, 0.6) is 0 Å². The maximum absolute atomic E-state index is 12.0. The van der Waals surface area contributed by atoms with Crippen LogP contribution in [-0.2, 0) is 9.59 Å². The zero-order valence-electron chi connectivity index (χ0n) is 11.4. The second-order valence-corrected chi connectivity index (χ2v) is 4.97. The third-order valence-corrected chi connectivity index (χ3v) is 2.82. The van der Waals surface area contributed by atoms with E-state index in [9.17, 15) is 9.59 Å². The standard InChI is InChI=1S/C12H25N3O3/c1-8(2)7-9(14)11(16)15(3)10(12(17)18)5-4-6-13/h8-10H,4-7,13-14H2,1-3H3,(H,17,18)/t9-,10-/m0/s1. The molecule has 2 atom stereocenters. The number of nitrogens with zero attached hydrogens (tertiary/aromatic N) is 1. The van der Waals surface area contributed by atoms with Gasteiger partial charge in [-0.3, -0.25) is 4.79 Å². The van der Waals surface area contributed by atoms with Crippen molar-refractivity contribution in [3.05, 3.63) is 0 Å². The first-order chi connectivity index (χ1) is 8.31. The summed E-state index contributed by atoms with van der Waals surface area (Å²) in [6.07, 6.45) is 1.46. The van der Waals surface area contributed by atoms with Crippen molar-refractivity contribution in [2.75, 3.05) is 13.6 Å². The van der Waals surface area contributed by atoms with Crippen molar-refractivity contribution in [1.29, 1.82) is 0 Å². The van der Waals surface area contributed by atoms with Gasteiger partial charge in [0.2, 0.25) is 5.91 Å². The van der Waals surface area contributed by atoms with Crippen molar-refractivity contribution in [1.82, 2.24) is 4.90 Å². The van der Waals surface area contributed by atoms with E-state index in [1.54, 1.807) is 0 Å². The summed E-state index contributed by atoms with van der Waals surface area (Å²) in [5.74, 6) is -1.05. The van der Waals surface area contributed by atoms with Crippen molar-refractivity contribution < 1.29 is 14.7 Å². The van der Waals surface area contributed by atoms with Crippen molar-refractivity contribution in [3.8, 4) is 0 Å². The van der Waals surface area contributed by atoms with E-state index in [0.29, 0.717) is 31.7 Å². The van der Waals surface area contributed by atoms with Crippen LogP contribution in [-0.4, -0.2) is 47.6 Å². The van der Waals surface area contributed by atoms with E-state index in [4.69, 9.17) is 16.6 Å². The number of likely N-dealkylation sites (N-methyl/N-ethyl adjacent to an activating group) is 1. The highest BCUT2D eigenvalue weighted by Crippen LogP contribution is 2.10.